The molecular weight excluding hydrogens is 322 g/mol. The summed E-state index contributed by atoms with van der Waals surface area (Å²) in [7, 11) is 3.95. The van der Waals surface area contributed by atoms with Crippen LogP contribution in [0.4, 0.5) is 0 Å². The Labute approximate surface area is 154 Å². The number of rotatable bonds is 2. The van der Waals surface area contributed by atoms with E-state index in [0.717, 1.165) is 25.2 Å². The Morgan fingerprint density at radius 2 is 1.85 bits per heavy atom. The number of nitrogens with zero attached hydrogens (tertiary/aromatic N) is 1. The minimum Gasteiger partial charge on any atom is -0.497 e. The van der Waals surface area contributed by atoms with E-state index >= 15 is 0 Å². The van der Waals surface area contributed by atoms with Gasteiger partial charge in [-0.15, -0.1) is 0 Å². The van der Waals surface area contributed by atoms with Gasteiger partial charge in [-0.25, -0.2) is 0 Å². The highest BCUT2D eigenvalue weighted by molar-refractivity contribution is 5.86. The predicted octanol–water partition coefficient (Wildman–Crippen LogP) is 4.99. The number of methoxy groups -OCH3 is 1. The van der Waals surface area contributed by atoms with Gasteiger partial charge in [0.2, 0.25) is 0 Å². The molecule has 0 bridgehead atoms. The van der Waals surface area contributed by atoms with E-state index in [1.54, 1.807) is 18.4 Å². The zero-order valence-corrected chi connectivity index (χ0v) is 15.4. The van der Waals surface area contributed by atoms with E-state index < -0.39 is 0 Å². The molecule has 2 aromatic carbocycles. The first-order valence-corrected chi connectivity index (χ1v) is 9.59. The fourth-order valence-electron chi connectivity index (χ4n) is 5.24. The summed E-state index contributed by atoms with van der Waals surface area (Å²) >= 11 is 0. The second-order valence-corrected chi connectivity index (χ2v) is 7.60. The smallest absolute Gasteiger partial charge is 0.118 e. The number of aryl methyl sites for hydroxylation is 2. The fourth-order valence-corrected chi connectivity index (χ4v) is 5.24. The molecule has 1 saturated heterocycles. The molecule has 3 aromatic rings. The van der Waals surface area contributed by atoms with E-state index in [1.165, 1.54) is 22.9 Å². The first-order chi connectivity index (χ1) is 12.8. The fraction of sp³-hybridized carbons (Fsp3) is 0.391. The summed E-state index contributed by atoms with van der Waals surface area (Å²) in [6.45, 7) is 0.832. The first kappa shape index (κ1) is 16.0. The van der Waals surface area contributed by atoms with E-state index in [9.17, 15) is 0 Å². The summed E-state index contributed by atoms with van der Waals surface area (Å²) in [6, 6.07) is 17.3. The average Bonchev–Trinajstić information content (AvgIpc) is 3.01. The summed E-state index contributed by atoms with van der Waals surface area (Å²) in [5.74, 6) is 2.03. The monoisotopic (exact) mass is 347 g/mol. The highest BCUT2D eigenvalue weighted by atomic mass is 16.5. The zero-order valence-electron chi connectivity index (χ0n) is 15.4. The van der Waals surface area contributed by atoms with E-state index in [4.69, 9.17) is 9.47 Å². The average molecular weight is 347 g/mol. The van der Waals surface area contributed by atoms with E-state index in [2.05, 4.69) is 48.0 Å². The zero-order chi connectivity index (χ0) is 17.7. The number of aromatic nitrogens is 1. The maximum absolute atomic E-state index is 6.29. The van der Waals surface area contributed by atoms with Gasteiger partial charge in [0, 0.05) is 36.2 Å². The molecule has 134 valence electrons. The maximum atomic E-state index is 6.29. The van der Waals surface area contributed by atoms with Crippen molar-refractivity contribution in [3.8, 4) is 5.75 Å². The standard InChI is InChI=1S/C23H25NO2/c1-24-21-6-4-3-5-17(21)18-11-12-20-19(22(18)24)13-14-26-23(20)15-7-9-16(25-2)10-8-15/h3-10,19-20,23H,11-14H2,1-2H3/t19-,20-,23-/m0/s1. The van der Waals surface area contributed by atoms with Crippen LogP contribution in [0.15, 0.2) is 48.5 Å². The molecule has 1 aliphatic heterocycles. The number of para-hydroxylation sites is 1. The van der Waals surface area contributed by atoms with Crippen molar-refractivity contribution >= 4 is 10.9 Å². The number of hydrogen-bond donors (Lipinski definition) is 0. The van der Waals surface area contributed by atoms with Crippen LogP contribution in [0.25, 0.3) is 10.9 Å². The minimum absolute atomic E-state index is 0.186. The molecular formula is C23H25NO2. The van der Waals surface area contributed by atoms with E-state index in [0.29, 0.717) is 11.8 Å². The van der Waals surface area contributed by atoms with Crippen LogP contribution in [0.5, 0.6) is 5.75 Å². The number of fused-ring (bicyclic) bond motifs is 5. The van der Waals surface area contributed by atoms with Crippen molar-refractivity contribution in [2.24, 2.45) is 13.0 Å². The Morgan fingerprint density at radius 3 is 2.65 bits per heavy atom. The van der Waals surface area contributed by atoms with Crippen LogP contribution in [0.3, 0.4) is 0 Å². The molecule has 2 aliphatic rings. The molecule has 0 N–H and O–H groups in total. The van der Waals surface area contributed by atoms with Crippen molar-refractivity contribution in [2.75, 3.05) is 13.7 Å². The highest BCUT2D eigenvalue weighted by Crippen LogP contribution is 2.50. The molecule has 26 heavy (non-hydrogen) atoms. The third kappa shape index (κ3) is 2.30. The van der Waals surface area contributed by atoms with Crippen molar-refractivity contribution in [1.82, 2.24) is 4.57 Å². The summed E-state index contributed by atoms with van der Waals surface area (Å²) in [5.41, 5.74) is 5.76. The predicted molar refractivity (Wildman–Crippen MR) is 104 cm³/mol. The van der Waals surface area contributed by atoms with Gasteiger partial charge in [0.1, 0.15) is 5.75 Å². The van der Waals surface area contributed by atoms with Crippen molar-refractivity contribution in [1.29, 1.82) is 0 Å². The SMILES string of the molecule is COc1ccc([C@@H]2OCC[C@@H]3c4c(c5ccccc5n4C)CC[C@@H]32)cc1. The summed E-state index contributed by atoms with van der Waals surface area (Å²) in [4.78, 5) is 0. The van der Waals surface area contributed by atoms with Crippen LogP contribution >= 0.6 is 0 Å². The van der Waals surface area contributed by atoms with Gasteiger partial charge in [-0.05, 0) is 54.5 Å². The Bertz CT molecular complexity index is 941. The van der Waals surface area contributed by atoms with Gasteiger partial charge in [-0.2, -0.15) is 0 Å². The molecule has 1 aromatic heterocycles. The van der Waals surface area contributed by atoms with Crippen LogP contribution in [0, 0.1) is 5.92 Å². The Hall–Kier alpha value is -2.26. The van der Waals surface area contributed by atoms with Gasteiger partial charge < -0.3 is 14.0 Å². The van der Waals surface area contributed by atoms with Gasteiger partial charge in [-0.1, -0.05) is 30.3 Å². The second-order valence-electron chi connectivity index (χ2n) is 7.60. The molecule has 2 heterocycles. The van der Waals surface area contributed by atoms with Gasteiger partial charge in [-0.3, -0.25) is 0 Å². The second kappa shape index (κ2) is 6.17. The topological polar surface area (TPSA) is 23.4 Å². The molecule has 1 fully saturated rings. The lowest BCUT2D eigenvalue weighted by Gasteiger charge is -2.42. The molecule has 3 nitrogen and oxygen atoms in total. The van der Waals surface area contributed by atoms with E-state index in [-0.39, 0.29) is 6.10 Å². The van der Waals surface area contributed by atoms with Crippen LogP contribution < -0.4 is 4.74 Å². The molecule has 0 unspecified atom stereocenters. The Balaban J connectivity index is 1.56. The maximum Gasteiger partial charge on any atom is 0.118 e. The van der Waals surface area contributed by atoms with Crippen LogP contribution in [-0.2, 0) is 18.2 Å². The summed E-state index contributed by atoms with van der Waals surface area (Å²) < 4.78 is 14.0. The number of ether oxygens (including phenoxy) is 2. The molecule has 0 saturated carbocycles. The van der Waals surface area contributed by atoms with Crippen molar-refractivity contribution in [2.45, 2.75) is 31.3 Å². The third-order valence-electron chi connectivity index (χ3n) is 6.42. The largest absolute Gasteiger partial charge is 0.497 e. The van der Waals surface area contributed by atoms with Crippen molar-refractivity contribution in [3.05, 3.63) is 65.4 Å². The molecule has 3 heteroatoms. The van der Waals surface area contributed by atoms with Crippen LogP contribution in [-0.4, -0.2) is 18.3 Å². The lowest BCUT2D eigenvalue weighted by Crippen LogP contribution is -2.34. The quantitative estimate of drug-likeness (QED) is 0.652. The number of hydrogen-bond acceptors (Lipinski definition) is 2. The van der Waals surface area contributed by atoms with Crippen molar-refractivity contribution < 1.29 is 9.47 Å². The molecule has 0 spiro atoms. The summed E-state index contributed by atoms with van der Waals surface area (Å²) in [6.07, 6.45) is 3.65. The van der Waals surface area contributed by atoms with Gasteiger partial charge in [0.05, 0.1) is 13.2 Å². The van der Waals surface area contributed by atoms with Gasteiger partial charge in [0.15, 0.2) is 0 Å². The third-order valence-corrected chi connectivity index (χ3v) is 6.42. The molecule has 0 amide bonds. The van der Waals surface area contributed by atoms with Gasteiger partial charge in [0.25, 0.3) is 0 Å². The lowest BCUT2D eigenvalue weighted by atomic mass is 9.71. The number of benzene rings is 2. The molecule has 1 aliphatic carbocycles. The first-order valence-electron chi connectivity index (χ1n) is 9.59. The van der Waals surface area contributed by atoms with Crippen molar-refractivity contribution in [3.63, 3.8) is 0 Å². The normalized spacial score (nSPS) is 24.9. The highest BCUT2D eigenvalue weighted by Gasteiger charge is 2.41. The Kier molecular flexibility index (Phi) is 3.79. The molecule has 0 radical (unpaired) electrons. The molecule has 3 atom stereocenters. The lowest BCUT2D eigenvalue weighted by molar-refractivity contribution is -0.0471. The minimum atomic E-state index is 0.186. The van der Waals surface area contributed by atoms with Crippen LogP contribution in [0.2, 0.25) is 0 Å². The molecule has 5 rings (SSSR count). The van der Waals surface area contributed by atoms with Gasteiger partial charge >= 0.3 is 0 Å². The van der Waals surface area contributed by atoms with E-state index in [1.807, 2.05) is 12.1 Å². The summed E-state index contributed by atoms with van der Waals surface area (Å²) in [5, 5.41) is 1.44. The Morgan fingerprint density at radius 1 is 1.04 bits per heavy atom. The van der Waals surface area contributed by atoms with Crippen LogP contribution in [0.1, 0.15) is 41.7 Å².